The van der Waals surface area contributed by atoms with Crippen LogP contribution < -0.4 is 10.1 Å². The summed E-state index contributed by atoms with van der Waals surface area (Å²) in [6, 6.07) is 13.9. The van der Waals surface area contributed by atoms with Crippen molar-refractivity contribution in [2.75, 3.05) is 19.8 Å². The number of nitrogens with zero attached hydrogens (tertiary/aromatic N) is 1. The lowest BCUT2D eigenvalue weighted by Gasteiger charge is -2.41. The number of carbonyl (C=O) groups excluding carboxylic acids is 2. The van der Waals surface area contributed by atoms with E-state index in [-0.39, 0.29) is 50.6 Å². The van der Waals surface area contributed by atoms with Gasteiger partial charge in [0.15, 0.2) is 0 Å². The highest BCUT2D eigenvalue weighted by molar-refractivity contribution is 14.1. The topological polar surface area (TPSA) is 108 Å². The SMILES string of the molecule is CC(C)[C@H]1CC[C@H](C)C[C@@H]1OCC(=O)N(Cc1ccc(Cl)cc1)[C@@H]1CC(C(=O)NCCO)=C[C@H](Oc2ccccc2I)[C@H]1O. The molecule has 0 unspecified atom stereocenters. The molecule has 0 heterocycles. The van der Waals surface area contributed by atoms with Gasteiger partial charge in [-0.05, 0) is 89.1 Å². The van der Waals surface area contributed by atoms with Crippen molar-refractivity contribution in [3.8, 4) is 5.75 Å². The molecule has 6 atom stereocenters. The van der Waals surface area contributed by atoms with Gasteiger partial charge in [-0.3, -0.25) is 9.59 Å². The number of aliphatic hydroxyl groups excluding tert-OH is 2. The minimum Gasteiger partial charge on any atom is -0.482 e. The maximum atomic E-state index is 14.1. The summed E-state index contributed by atoms with van der Waals surface area (Å²) in [7, 11) is 0. The predicted octanol–water partition coefficient (Wildman–Crippen LogP) is 5.37. The second-order valence-electron chi connectivity index (χ2n) is 12.3. The van der Waals surface area contributed by atoms with Gasteiger partial charge in [-0.25, -0.2) is 0 Å². The van der Waals surface area contributed by atoms with Crippen LogP contribution in [0.3, 0.4) is 0 Å². The second-order valence-corrected chi connectivity index (χ2v) is 13.9. The molecule has 0 aromatic heterocycles. The lowest BCUT2D eigenvalue weighted by Crippen LogP contribution is -2.55. The number of rotatable bonds is 12. The number of hydrogen-bond acceptors (Lipinski definition) is 6. The number of benzene rings is 2. The Morgan fingerprint density at radius 1 is 1.14 bits per heavy atom. The van der Waals surface area contributed by atoms with Crippen molar-refractivity contribution < 1.29 is 29.3 Å². The van der Waals surface area contributed by atoms with Gasteiger partial charge < -0.3 is 29.9 Å². The third-order valence-corrected chi connectivity index (χ3v) is 9.83. The zero-order valence-electron chi connectivity index (χ0n) is 25.6. The van der Waals surface area contributed by atoms with Crippen LogP contribution in [0.1, 0.15) is 52.0 Å². The summed E-state index contributed by atoms with van der Waals surface area (Å²) in [5, 5.41) is 24.3. The third kappa shape index (κ3) is 9.19. The van der Waals surface area contributed by atoms with Gasteiger partial charge in [-0.15, -0.1) is 0 Å². The largest absolute Gasteiger partial charge is 0.482 e. The van der Waals surface area contributed by atoms with E-state index < -0.39 is 18.2 Å². The number of aliphatic hydroxyl groups is 2. The van der Waals surface area contributed by atoms with Gasteiger partial charge in [0.1, 0.15) is 24.6 Å². The lowest BCUT2D eigenvalue weighted by atomic mass is 9.75. The number of carbonyl (C=O) groups is 2. The minimum absolute atomic E-state index is 0.0210. The lowest BCUT2D eigenvalue weighted by molar-refractivity contribution is -0.149. The first-order valence-corrected chi connectivity index (χ1v) is 16.9. The number of hydrogen-bond donors (Lipinski definition) is 3. The molecular formula is C34H44ClIN2O6. The highest BCUT2D eigenvalue weighted by atomic mass is 127. The molecule has 0 bridgehead atoms. The van der Waals surface area contributed by atoms with Gasteiger partial charge in [0, 0.05) is 30.1 Å². The molecule has 0 spiro atoms. The number of amides is 2. The van der Waals surface area contributed by atoms with E-state index in [1.807, 2.05) is 30.3 Å². The summed E-state index contributed by atoms with van der Waals surface area (Å²) in [5.41, 5.74) is 1.21. The molecular weight excluding hydrogens is 695 g/mol. The van der Waals surface area contributed by atoms with E-state index in [0.717, 1.165) is 28.4 Å². The van der Waals surface area contributed by atoms with Crippen LogP contribution in [0.15, 0.2) is 60.2 Å². The normalized spacial score (nSPS) is 25.3. The summed E-state index contributed by atoms with van der Waals surface area (Å²) < 4.78 is 13.5. The summed E-state index contributed by atoms with van der Waals surface area (Å²) in [6.45, 7) is 6.57. The fourth-order valence-corrected chi connectivity index (χ4v) is 6.85. The molecule has 2 aromatic carbocycles. The zero-order chi connectivity index (χ0) is 31.8. The van der Waals surface area contributed by atoms with Crippen molar-refractivity contribution in [2.24, 2.45) is 17.8 Å². The van der Waals surface area contributed by atoms with Crippen molar-refractivity contribution in [3.05, 3.63) is 74.3 Å². The van der Waals surface area contributed by atoms with Gasteiger partial charge >= 0.3 is 0 Å². The highest BCUT2D eigenvalue weighted by Gasteiger charge is 2.41. The summed E-state index contributed by atoms with van der Waals surface area (Å²) in [5.74, 6) is 1.26. The fourth-order valence-electron chi connectivity index (χ4n) is 6.21. The smallest absolute Gasteiger partial charge is 0.249 e. The Morgan fingerprint density at radius 2 is 1.86 bits per heavy atom. The molecule has 0 radical (unpaired) electrons. The molecule has 4 rings (SSSR count). The van der Waals surface area contributed by atoms with Crippen LogP contribution in [0.4, 0.5) is 0 Å². The first-order chi connectivity index (χ1) is 21.1. The Labute approximate surface area is 279 Å². The summed E-state index contributed by atoms with van der Waals surface area (Å²) >= 11 is 8.31. The summed E-state index contributed by atoms with van der Waals surface area (Å²) in [6.07, 6.45) is 2.81. The highest BCUT2D eigenvalue weighted by Crippen LogP contribution is 2.36. The van der Waals surface area contributed by atoms with Crippen LogP contribution in [0.2, 0.25) is 5.02 Å². The minimum atomic E-state index is -1.13. The van der Waals surface area contributed by atoms with Crippen LogP contribution in [0.5, 0.6) is 5.75 Å². The van der Waals surface area contributed by atoms with E-state index in [1.54, 1.807) is 29.2 Å². The maximum absolute atomic E-state index is 14.1. The zero-order valence-corrected chi connectivity index (χ0v) is 28.5. The molecule has 240 valence electrons. The molecule has 2 aliphatic carbocycles. The van der Waals surface area contributed by atoms with Crippen molar-refractivity contribution in [1.29, 1.82) is 0 Å². The fraction of sp³-hybridized carbons (Fsp3) is 0.529. The monoisotopic (exact) mass is 738 g/mol. The number of halogens is 2. The predicted molar refractivity (Wildman–Crippen MR) is 179 cm³/mol. The third-order valence-electron chi connectivity index (χ3n) is 8.68. The second kappa shape index (κ2) is 16.4. The Balaban J connectivity index is 1.64. The molecule has 2 aliphatic rings. The van der Waals surface area contributed by atoms with Crippen LogP contribution in [-0.2, 0) is 20.9 Å². The Kier molecular flexibility index (Phi) is 12.9. The molecule has 0 aliphatic heterocycles. The Bertz CT molecular complexity index is 1290. The summed E-state index contributed by atoms with van der Waals surface area (Å²) in [4.78, 5) is 28.9. The van der Waals surface area contributed by atoms with E-state index in [0.29, 0.717) is 34.1 Å². The van der Waals surface area contributed by atoms with Crippen molar-refractivity contribution >= 4 is 46.0 Å². The standard InChI is InChI=1S/C34H44ClIN2O6/c1-21(2)26-13-8-22(3)16-30(26)43-20-32(40)38(19-23-9-11-25(35)12-10-23)28-17-24(34(42)37-14-15-39)18-31(33(28)41)44-29-7-5-4-6-27(29)36/h4-7,9-12,18,21-22,26,28,30-31,33,39,41H,8,13-17,19-20H2,1-3H3,(H,37,42)/t22-,26+,28+,30-,31-,33-/m0/s1. The van der Waals surface area contributed by atoms with Crippen molar-refractivity contribution in [3.63, 3.8) is 0 Å². The van der Waals surface area contributed by atoms with E-state index >= 15 is 0 Å². The number of para-hydroxylation sites is 1. The van der Waals surface area contributed by atoms with Gasteiger partial charge in [-0.2, -0.15) is 0 Å². The molecule has 2 amide bonds. The van der Waals surface area contributed by atoms with Gasteiger partial charge in [0.25, 0.3) is 0 Å². The van der Waals surface area contributed by atoms with Gasteiger partial charge in [0.2, 0.25) is 11.8 Å². The molecule has 1 saturated carbocycles. The molecule has 1 fully saturated rings. The van der Waals surface area contributed by atoms with Gasteiger partial charge in [0.05, 0.1) is 22.3 Å². The molecule has 8 nitrogen and oxygen atoms in total. The van der Waals surface area contributed by atoms with Crippen LogP contribution in [0.25, 0.3) is 0 Å². The number of nitrogens with one attached hydrogen (secondary N) is 1. The van der Waals surface area contributed by atoms with Crippen LogP contribution in [0, 0.1) is 21.3 Å². The molecule has 10 heteroatoms. The van der Waals surface area contributed by atoms with Crippen LogP contribution in [-0.4, -0.2) is 71.0 Å². The molecule has 2 aromatic rings. The van der Waals surface area contributed by atoms with E-state index in [4.69, 9.17) is 21.1 Å². The Morgan fingerprint density at radius 3 is 2.55 bits per heavy atom. The van der Waals surface area contributed by atoms with E-state index in [1.165, 1.54) is 0 Å². The first-order valence-electron chi connectivity index (χ1n) is 15.4. The van der Waals surface area contributed by atoms with E-state index in [2.05, 4.69) is 48.7 Å². The van der Waals surface area contributed by atoms with Crippen molar-refractivity contribution in [1.82, 2.24) is 10.2 Å². The number of ether oxygens (including phenoxy) is 2. The average Bonchev–Trinajstić information content (AvgIpc) is 3.00. The maximum Gasteiger partial charge on any atom is 0.249 e. The molecule has 44 heavy (non-hydrogen) atoms. The van der Waals surface area contributed by atoms with Gasteiger partial charge in [-0.1, -0.05) is 63.1 Å². The Hall–Kier alpha value is -2.18. The van der Waals surface area contributed by atoms with Crippen molar-refractivity contribution in [2.45, 2.75) is 77.4 Å². The average molecular weight is 739 g/mol. The molecule has 0 saturated heterocycles. The van der Waals surface area contributed by atoms with E-state index in [9.17, 15) is 19.8 Å². The van der Waals surface area contributed by atoms with Crippen LogP contribution >= 0.6 is 34.2 Å². The first kappa shape index (κ1) is 34.7. The quantitative estimate of drug-likeness (QED) is 0.253. The molecule has 3 N–H and O–H groups in total.